The second-order valence-electron chi connectivity index (χ2n) is 13.6. The molecule has 36 nitrogen and oxygen atoms in total. The second kappa shape index (κ2) is 24.2. The summed E-state index contributed by atoms with van der Waals surface area (Å²) in [6.45, 7) is 0.257. The van der Waals surface area contributed by atoms with Crippen molar-refractivity contribution >= 4 is 68.2 Å². The van der Waals surface area contributed by atoms with Gasteiger partial charge in [-0.3, -0.25) is 0 Å². The molecule has 0 saturated carbocycles. The highest BCUT2D eigenvalue weighted by atomic mass is 32.1. The predicted octanol–water partition coefficient (Wildman–Crippen LogP) is -0.315. The highest BCUT2D eigenvalue weighted by molar-refractivity contribution is 7.12. The molecule has 392 valence electrons. The first-order valence-corrected chi connectivity index (χ1v) is 25.4. The van der Waals surface area contributed by atoms with E-state index in [2.05, 4.69) is 91.6 Å². The van der Waals surface area contributed by atoms with Crippen LogP contribution in [0, 0.1) is 0 Å². The topological polar surface area (TPSA) is 403 Å². The molecule has 0 aliphatic rings. The molecule has 0 fully saturated rings. The van der Waals surface area contributed by atoms with E-state index < -0.39 is 11.4 Å². The Bertz CT molecular complexity index is 3690. The molecule has 12 aromatic heterocycles. The van der Waals surface area contributed by atoms with Crippen LogP contribution in [0.5, 0.6) is 20.8 Å². The summed E-state index contributed by atoms with van der Waals surface area (Å²) in [4.78, 5) is 70.5. The minimum Gasteiger partial charge on any atom is -0.463 e. The Morgan fingerprint density at radius 3 is 1.37 bits per heavy atom. The van der Waals surface area contributed by atoms with Gasteiger partial charge in [0.15, 0.2) is 22.1 Å². The van der Waals surface area contributed by atoms with Crippen LogP contribution in [-0.4, -0.2) is 129 Å². The van der Waals surface area contributed by atoms with Crippen LogP contribution in [0.1, 0.15) is 28.3 Å². The fourth-order valence-electron chi connectivity index (χ4n) is 5.26. The summed E-state index contributed by atoms with van der Waals surface area (Å²) in [7, 11) is 5.96. The third kappa shape index (κ3) is 12.2. The Kier molecular flexibility index (Phi) is 14.8. The van der Waals surface area contributed by atoms with Gasteiger partial charge in [-0.1, -0.05) is 49.8 Å². The number of aromatic nitrogens is 26. The smallest absolute Gasteiger partial charge is 0.371 e. The van der Waals surface area contributed by atoms with E-state index in [0.717, 1.165) is 44.3 Å². The van der Waals surface area contributed by atoms with E-state index in [4.69, 9.17) is 33.4 Å². The third-order valence-corrected chi connectivity index (χ3v) is 12.9. The van der Waals surface area contributed by atoms with Crippen molar-refractivity contribution in [3.05, 3.63) is 123 Å². The number of aryl methyl sites for hydroxylation is 4. The van der Waals surface area contributed by atoms with Crippen LogP contribution in [-0.2, 0) is 54.6 Å². The first kappa shape index (κ1) is 46.5. The number of tetrazole rings is 4. The lowest BCUT2D eigenvalue weighted by Gasteiger charge is -2.01. The summed E-state index contributed by atoms with van der Waals surface area (Å²) in [5, 5.41) is 48.8. The fraction of sp³-hybridized carbons (Fsp3) is 0.235. The molecule has 12 heterocycles. The number of oxazole rings is 1. The number of nitrogens with zero attached hydrogens (tertiary/aromatic N) is 26. The largest absolute Gasteiger partial charge is 0.463 e. The predicted molar refractivity (Wildman–Crippen MR) is 259 cm³/mol. The standard InChI is InChI=1S/C9H8N6O3S.C9H8N6O2S2.C8H7N7O3S.C8H7N7O2S2/c1-14-9(16)15(13-12-14)7-6(11-5-18-7)4-17-8-10-2-3-19-8;1-14-9(16)15(13-12-14)7-6(11-5-19-7)4-17-8-10-2-3-18-8;1-14-8(16)15(12-11-14)6-5(10-13-18-6)4-17-7-9-2-3-19-7;1-14-8(16)15(12-11-14)6-5(10-13-19-6)4-17-7-9-2-3-18-7/h2*2-3,5H,4H2,1H3;2*2-3H,4H2,1H3/i4*2T. The molecule has 0 amide bonds. The van der Waals surface area contributed by atoms with Crippen molar-refractivity contribution in [1.29, 1.82) is 0 Å². The second-order valence-corrected chi connectivity index (χ2v) is 18.4. The minimum atomic E-state index is -0.493. The summed E-state index contributed by atoms with van der Waals surface area (Å²) >= 11 is 7.12. The molecule has 0 unspecified atom stereocenters. The summed E-state index contributed by atoms with van der Waals surface area (Å²) < 4.78 is 73.1. The van der Waals surface area contributed by atoms with Crippen LogP contribution < -0.4 is 41.7 Å². The quantitative estimate of drug-likeness (QED) is 0.120. The summed E-state index contributed by atoms with van der Waals surface area (Å²) in [6.07, 6.45) is 1.75. The van der Waals surface area contributed by atoms with Crippen molar-refractivity contribution in [2.75, 3.05) is 0 Å². The molecule has 0 radical (unpaired) electrons. The Morgan fingerprint density at radius 1 is 0.474 bits per heavy atom. The van der Waals surface area contributed by atoms with E-state index >= 15 is 0 Å². The molecular weight excluding hydrogens is 1120 g/mol. The fourth-order valence-corrected chi connectivity index (χ4v) is 8.37. The first-order valence-electron chi connectivity index (χ1n) is 22.2. The molecule has 0 aliphatic heterocycles. The lowest BCUT2D eigenvalue weighted by Crippen LogP contribution is -2.22. The average molecular weight is 1160 g/mol. The van der Waals surface area contributed by atoms with Gasteiger partial charge in [0, 0.05) is 91.2 Å². The van der Waals surface area contributed by atoms with E-state index in [1.54, 1.807) is 21.7 Å². The Balaban J connectivity index is 0.000000129. The van der Waals surface area contributed by atoms with Crippen LogP contribution in [0.2, 0.25) is 0 Å². The van der Waals surface area contributed by atoms with Gasteiger partial charge < -0.3 is 27.9 Å². The molecule has 42 heteroatoms. The highest BCUT2D eigenvalue weighted by Gasteiger charge is 2.21. The monoisotopic (exact) mass is 1160 g/mol. The van der Waals surface area contributed by atoms with Crippen LogP contribution in [0.15, 0.2) is 86.2 Å². The molecule has 76 heavy (non-hydrogen) atoms. The van der Waals surface area contributed by atoms with Crippen molar-refractivity contribution in [3.63, 3.8) is 0 Å². The van der Waals surface area contributed by atoms with E-state index in [9.17, 15) is 19.2 Å². The zero-order valence-corrected chi connectivity index (χ0v) is 43.4. The molecule has 12 rings (SSSR count). The zero-order valence-electron chi connectivity index (χ0n) is 42.5. The molecule has 0 aliphatic carbocycles. The van der Waals surface area contributed by atoms with Gasteiger partial charge >= 0.3 is 22.8 Å². The summed E-state index contributed by atoms with van der Waals surface area (Å²) in [5.41, 5.74) is 1.60. The van der Waals surface area contributed by atoms with Crippen molar-refractivity contribution in [2.45, 2.75) is 26.4 Å². The molecule has 12 aromatic rings. The van der Waals surface area contributed by atoms with Crippen molar-refractivity contribution in [2.24, 2.45) is 28.2 Å². The van der Waals surface area contributed by atoms with E-state index in [1.165, 1.54) is 101 Å². The van der Waals surface area contributed by atoms with Gasteiger partial charge in [-0.25, -0.2) is 49.1 Å². The maximum absolute atomic E-state index is 11.8. The van der Waals surface area contributed by atoms with Crippen molar-refractivity contribution in [1.82, 2.24) is 129 Å². The van der Waals surface area contributed by atoms with Gasteiger partial charge in [-0.15, -0.1) is 40.3 Å². The summed E-state index contributed by atoms with van der Waals surface area (Å²) in [6, 6.07) is 0. The van der Waals surface area contributed by atoms with Crippen molar-refractivity contribution in [3.8, 4) is 42.5 Å². The maximum atomic E-state index is 11.8. The van der Waals surface area contributed by atoms with Crippen LogP contribution in [0.25, 0.3) is 21.8 Å². The Hall–Kier alpha value is -9.26. The average Bonchev–Trinajstić information content (AvgIpc) is 4.27. The number of rotatable bonds is 16. The lowest BCUT2D eigenvalue weighted by atomic mass is 10.5. The van der Waals surface area contributed by atoms with E-state index in [1.807, 2.05) is 0 Å². The SMILES string of the molecule is [3H]c1csc(OCc2ncoc2-n2nnn(C)c2=O)n1.[3H]c1csc(OCc2ncsc2-n2nnn(C)c2=O)n1.[3H]c1csc(OCc2nnoc2-n2nnn(C)c2=O)n1.[3H]c1csc(OCc2nnsc2-n2nnn(C)c2=O)n1. The first-order chi connectivity index (χ1) is 38.6. The molecule has 0 saturated heterocycles. The summed E-state index contributed by atoms with van der Waals surface area (Å²) in [5.74, 6) is 0.177. The minimum absolute atomic E-state index is 0.0190. The Labute approximate surface area is 448 Å². The van der Waals surface area contributed by atoms with Crippen LogP contribution >= 0.6 is 68.2 Å². The van der Waals surface area contributed by atoms with Gasteiger partial charge in [0.05, 0.1) is 11.0 Å². The van der Waals surface area contributed by atoms with Crippen molar-refractivity contribution < 1.29 is 33.4 Å². The molecule has 0 bridgehead atoms. The third-order valence-electron chi connectivity index (χ3n) is 8.77. The van der Waals surface area contributed by atoms with Crippen LogP contribution in [0.4, 0.5) is 0 Å². The van der Waals surface area contributed by atoms with Gasteiger partial charge in [0.2, 0.25) is 0 Å². The van der Waals surface area contributed by atoms with Gasteiger partial charge in [0.25, 0.3) is 32.5 Å². The number of ether oxygens (including phenoxy) is 4. The number of hydrogen-bond acceptors (Lipinski definition) is 34. The number of thiazole rings is 5. The lowest BCUT2D eigenvalue weighted by molar-refractivity contribution is 0.298. The van der Waals surface area contributed by atoms with E-state index in [0.29, 0.717) is 47.9 Å². The maximum Gasteiger partial charge on any atom is 0.371 e. The molecule has 0 spiro atoms. The molecular formula is C34H30N26O10S6. The normalized spacial score (nSPS) is 11.5. The molecule has 0 N–H and O–H groups in total. The van der Waals surface area contributed by atoms with Gasteiger partial charge in [0.1, 0.15) is 43.5 Å². The zero-order chi connectivity index (χ0) is 56.5. The van der Waals surface area contributed by atoms with E-state index in [-0.39, 0.29) is 80.0 Å². The highest BCUT2D eigenvalue weighted by Crippen LogP contribution is 2.22. The van der Waals surface area contributed by atoms with Gasteiger partial charge in [-0.05, 0) is 41.7 Å². The van der Waals surface area contributed by atoms with Gasteiger partial charge in [-0.2, -0.15) is 18.7 Å². The van der Waals surface area contributed by atoms with Crippen LogP contribution in [0.3, 0.4) is 0 Å². The Morgan fingerprint density at radius 2 is 0.908 bits per heavy atom. The number of hydrogen-bond donors (Lipinski definition) is 0. The molecule has 0 atom stereocenters. The molecule has 0 aromatic carbocycles.